The van der Waals surface area contributed by atoms with Gasteiger partial charge in [-0.1, -0.05) is 0 Å². The van der Waals surface area contributed by atoms with E-state index in [2.05, 4.69) is 0 Å². The molecule has 0 aromatic heterocycles. The number of rotatable bonds is 6. The number of aliphatic hydroxyl groups excluding tert-OH is 1. The van der Waals surface area contributed by atoms with Crippen LogP contribution in [-0.2, 0) is 9.59 Å². The van der Waals surface area contributed by atoms with E-state index in [1.54, 1.807) is 6.07 Å². The Bertz CT molecular complexity index is 282. The van der Waals surface area contributed by atoms with E-state index in [-0.39, 0.29) is 0 Å². The van der Waals surface area contributed by atoms with Crippen LogP contribution in [0.4, 0.5) is 0 Å². The van der Waals surface area contributed by atoms with Crippen LogP contribution in [0.2, 0.25) is 0 Å². The molecule has 0 heterocycles. The Labute approximate surface area is 86.2 Å². The lowest BCUT2D eigenvalue weighted by Crippen LogP contribution is -2.52. The first-order valence-corrected chi connectivity index (χ1v) is 4.06. The molecule has 0 amide bonds. The number of carboxylic acids is 2. The Morgan fingerprint density at radius 3 is 1.93 bits per heavy atom. The molecule has 7 nitrogen and oxygen atoms in total. The summed E-state index contributed by atoms with van der Waals surface area (Å²) in [6.07, 6.45) is 0. The number of aliphatic carboxylic acids is 2. The Balaban J connectivity index is 4.83. The Morgan fingerprint density at radius 1 is 1.33 bits per heavy atom. The summed E-state index contributed by atoms with van der Waals surface area (Å²) in [4.78, 5) is 21.8. The molecule has 0 saturated heterocycles. The zero-order valence-electron chi connectivity index (χ0n) is 8.17. The highest BCUT2D eigenvalue weighted by Crippen LogP contribution is 2.12. The predicted molar refractivity (Wildman–Crippen MR) is 47.9 cm³/mol. The zero-order chi connectivity index (χ0) is 12.1. The maximum absolute atomic E-state index is 10.4. The number of carbonyl (C=O) groups is 2. The first-order chi connectivity index (χ1) is 6.85. The van der Waals surface area contributed by atoms with Gasteiger partial charge in [-0.25, -0.2) is 0 Å². The van der Waals surface area contributed by atoms with Crippen LogP contribution in [0.15, 0.2) is 0 Å². The van der Waals surface area contributed by atoms with Gasteiger partial charge in [0.05, 0.1) is 25.8 Å². The van der Waals surface area contributed by atoms with Gasteiger partial charge in [-0.2, -0.15) is 5.26 Å². The topological polar surface area (TPSA) is 122 Å². The van der Waals surface area contributed by atoms with Crippen molar-refractivity contribution in [2.24, 2.45) is 0 Å². The van der Waals surface area contributed by atoms with Crippen LogP contribution in [0.5, 0.6) is 0 Å². The quantitative estimate of drug-likeness (QED) is 0.506. The second-order valence-electron chi connectivity index (χ2n) is 3.19. The van der Waals surface area contributed by atoms with Crippen molar-refractivity contribution in [2.75, 3.05) is 19.7 Å². The molecule has 0 unspecified atom stereocenters. The van der Waals surface area contributed by atoms with Crippen molar-refractivity contribution >= 4 is 11.9 Å². The summed E-state index contributed by atoms with van der Waals surface area (Å²) in [7, 11) is 0. The Morgan fingerprint density at radius 2 is 1.73 bits per heavy atom. The normalized spacial score (nSPS) is 14.3. The summed E-state index contributed by atoms with van der Waals surface area (Å²) in [5.74, 6) is -2.52. The number of nitrogens with zero attached hydrogens (tertiary/aromatic N) is 2. The van der Waals surface area contributed by atoms with Crippen LogP contribution in [0.25, 0.3) is 0 Å². The first kappa shape index (κ1) is 13.4. The van der Waals surface area contributed by atoms with E-state index in [0.717, 1.165) is 4.90 Å². The minimum Gasteiger partial charge on any atom is -0.480 e. The third kappa shape index (κ3) is 3.93. The summed E-state index contributed by atoms with van der Waals surface area (Å²) in [5.41, 5.74) is -1.50. The highest BCUT2D eigenvalue weighted by molar-refractivity contribution is 5.73. The van der Waals surface area contributed by atoms with Crippen LogP contribution in [0.1, 0.15) is 6.92 Å². The Kier molecular flexibility index (Phi) is 4.70. The minimum atomic E-state index is -1.50. The minimum absolute atomic E-state index is 0.614. The molecular formula is C8H12N2O5. The van der Waals surface area contributed by atoms with Crippen molar-refractivity contribution in [1.29, 1.82) is 5.26 Å². The number of nitriles is 1. The van der Waals surface area contributed by atoms with Crippen molar-refractivity contribution in [3.05, 3.63) is 0 Å². The predicted octanol–water partition coefficient (Wildman–Crippen LogP) is -1.27. The van der Waals surface area contributed by atoms with E-state index in [0.29, 0.717) is 0 Å². The fourth-order valence-corrected chi connectivity index (χ4v) is 0.937. The SMILES string of the molecule is C[C@@](C#N)(CO)N(CC(=O)O)CC(=O)O. The van der Waals surface area contributed by atoms with Gasteiger partial charge in [-0.3, -0.25) is 14.5 Å². The number of aliphatic hydroxyl groups is 1. The van der Waals surface area contributed by atoms with E-state index < -0.39 is 37.2 Å². The summed E-state index contributed by atoms with van der Waals surface area (Å²) >= 11 is 0. The lowest BCUT2D eigenvalue weighted by molar-refractivity contribution is -0.144. The van der Waals surface area contributed by atoms with Gasteiger partial charge >= 0.3 is 11.9 Å². The van der Waals surface area contributed by atoms with E-state index in [1.807, 2.05) is 0 Å². The second-order valence-corrected chi connectivity index (χ2v) is 3.19. The standard InChI is InChI=1S/C8H12N2O5/c1-8(4-9,5-11)10(2-6(12)13)3-7(14)15/h11H,2-3,5H2,1H3,(H,12,13)(H,14,15)/t8-/m1/s1. The fraction of sp³-hybridized carbons (Fsp3) is 0.625. The third-order valence-corrected chi connectivity index (χ3v) is 1.90. The molecule has 0 bridgehead atoms. The molecule has 0 saturated carbocycles. The van der Waals surface area contributed by atoms with Crippen LogP contribution < -0.4 is 0 Å². The summed E-state index contributed by atoms with van der Waals surface area (Å²) in [5, 5.41) is 34.7. The molecule has 0 fully saturated rings. The van der Waals surface area contributed by atoms with E-state index in [9.17, 15) is 9.59 Å². The van der Waals surface area contributed by atoms with Crippen molar-refractivity contribution in [2.45, 2.75) is 12.5 Å². The van der Waals surface area contributed by atoms with Gasteiger partial charge in [0.1, 0.15) is 5.54 Å². The number of hydrogen-bond donors (Lipinski definition) is 3. The molecule has 7 heteroatoms. The van der Waals surface area contributed by atoms with Gasteiger partial charge in [0.2, 0.25) is 0 Å². The van der Waals surface area contributed by atoms with Gasteiger partial charge in [-0.15, -0.1) is 0 Å². The van der Waals surface area contributed by atoms with Crippen molar-refractivity contribution in [1.82, 2.24) is 4.90 Å². The zero-order valence-corrected chi connectivity index (χ0v) is 8.17. The molecule has 0 rings (SSSR count). The largest absolute Gasteiger partial charge is 0.480 e. The first-order valence-electron chi connectivity index (χ1n) is 4.06. The van der Waals surface area contributed by atoms with Crippen LogP contribution >= 0.6 is 0 Å². The molecule has 0 aliphatic rings. The molecular weight excluding hydrogens is 204 g/mol. The highest BCUT2D eigenvalue weighted by atomic mass is 16.4. The molecule has 0 radical (unpaired) electrons. The van der Waals surface area contributed by atoms with E-state index >= 15 is 0 Å². The van der Waals surface area contributed by atoms with E-state index in [1.165, 1.54) is 6.92 Å². The molecule has 0 aliphatic carbocycles. The van der Waals surface area contributed by atoms with Crippen molar-refractivity contribution < 1.29 is 24.9 Å². The smallest absolute Gasteiger partial charge is 0.317 e. The molecule has 84 valence electrons. The molecule has 3 N–H and O–H groups in total. The highest BCUT2D eigenvalue weighted by Gasteiger charge is 2.34. The van der Waals surface area contributed by atoms with Crippen LogP contribution in [-0.4, -0.2) is 57.4 Å². The van der Waals surface area contributed by atoms with Crippen LogP contribution in [0.3, 0.4) is 0 Å². The second kappa shape index (κ2) is 5.29. The molecule has 0 aromatic carbocycles. The summed E-state index contributed by atoms with van der Waals surface area (Å²) in [6.45, 7) is -0.587. The van der Waals surface area contributed by atoms with Gasteiger partial charge in [0.25, 0.3) is 0 Å². The van der Waals surface area contributed by atoms with Gasteiger partial charge < -0.3 is 15.3 Å². The summed E-state index contributed by atoms with van der Waals surface area (Å²) in [6, 6.07) is 1.69. The average molecular weight is 216 g/mol. The van der Waals surface area contributed by atoms with Gasteiger partial charge in [0.15, 0.2) is 0 Å². The number of hydrogen-bond acceptors (Lipinski definition) is 5. The number of carboxylic acid groups (broad SMARTS) is 2. The molecule has 1 atom stereocenters. The van der Waals surface area contributed by atoms with Crippen molar-refractivity contribution in [3.8, 4) is 6.07 Å². The lowest BCUT2D eigenvalue weighted by atomic mass is 10.0. The van der Waals surface area contributed by atoms with Crippen molar-refractivity contribution in [3.63, 3.8) is 0 Å². The summed E-state index contributed by atoms with van der Waals surface area (Å²) < 4.78 is 0. The van der Waals surface area contributed by atoms with E-state index in [4.69, 9.17) is 20.6 Å². The fourth-order valence-electron chi connectivity index (χ4n) is 0.937. The molecule has 0 aromatic rings. The Hall–Kier alpha value is -1.65. The molecule has 15 heavy (non-hydrogen) atoms. The van der Waals surface area contributed by atoms with Gasteiger partial charge in [0, 0.05) is 0 Å². The lowest BCUT2D eigenvalue weighted by Gasteiger charge is -2.31. The average Bonchev–Trinajstić information content (AvgIpc) is 2.14. The van der Waals surface area contributed by atoms with Gasteiger partial charge in [-0.05, 0) is 6.92 Å². The van der Waals surface area contributed by atoms with Crippen LogP contribution in [0, 0.1) is 11.3 Å². The monoisotopic (exact) mass is 216 g/mol. The maximum Gasteiger partial charge on any atom is 0.317 e. The third-order valence-electron chi connectivity index (χ3n) is 1.90. The maximum atomic E-state index is 10.4. The molecule has 0 aliphatic heterocycles. The molecule has 0 spiro atoms.